The third kappa shape index (κ3) is 2.49. The minimum atomic E-state index is 0.238. The number of nitrogens with zero attached hydrogens (tertiary/aromatic N) is 2. The standard InChI is InChI=1S/C16H11ClN2O/c17-11-4-3-5-12(10-11)18-19-15-8-9-16(20)14-7-2-1-6-13(14)15/h1-10,20H. The van der Waals surface area contributed by atoms with Crippen molar-refractivity contribution in [3.05, 3.63) is 65.7 Å². The monoisotopic (exact) mass is 282 g/mol. The van der Waals surface area contributed by atoms with Gasteiger partial charge >= 0.3 is 0 Å². The molecule has 20 heavy (non-hydrogen) atoms. The molecule has 0 radical (unpaired) electrons. The van der Waals surface area contributed by atoms with Crippen LogP contribution in [0.15, 0.2) is 70.9 Å². The van der Waals surface area contributed by atoms with Crippen LogP contribution in [0.2, 0.25) is 5.02 Å². The van der Waals surface area contributed by atoms with E-state index in [1.807, 2.05) is 36.4 Å². The van der Waals surface area contributed by atoms with Crippen molar-refractivity contribution < 1.29 is 5.11 Å². The van der Waals surface area contributed by atoms with Gasteiger partial charge in [-0.15, -0.1) is 5.11 Å². The second-order valence-electron chi connectivity index (χ2n) is 4.33. The normalized spacial score (nSPS) is 11.2. The number of benzene rings is 3. The van der Waals surface area contributed by atoms with Crippen LogP contribution in [0, 0.1) is 0 Å². The third-order valence-corrected chi connectivity index (χ3v) is 3.19. The van der Waals surface area contributed by atoms with Crippen LogP contribution < -0.4 is 0 Å². The quantitative estimate of drug-likeness (QED) is 0.610. The molecule has 3 nitrogen and oxygen atoms in total. The second-order valence-corrected chi connectivity index (χ2v) is 4.77. The molecule has 0 aliphatic carbocycles. The van der Waals surface area contributed by atoms with E-state index in [0.717, 1.165) is 10.8 Å². The predicted octanol–water partition coefficient (Wildman–Crippen LogP) is 5.61. The van der Waals surface area contributed by atoms with Crippen molar-refractivity contribution in [3.63, 3.8) is 0 Å². The number of rotatable bonds is 2. The first-order valence-corrected chi connectivity index (χ1v) is 6.50. The molecule has 0 fully saturated rings. The van der Waals surface area contributed by atoms with Crippen LogP contribution >= 0.6 is 11.6 Å². The van der Waals surface area contributed by atoms with Crippen LogP contribution in [-0.2, 0) is 0 Å². The minimum absolute atomic E-state index is 0.238. The Morgan fingerprint density at radius 1 is 0.800 bits per heavy atom. The number of hydrogen-bond acceptors (Lipinski definition) is 3. The van der Waals surface area contributed by atoms with Gasteiger partial charge in [0.1, 0.15) is 5.75 Å². The minimum Gasteiger partial charge on any atom is -0.507 e. The maximum Gasteiger partial charge on any atom is 0.123 e. The molecule has 0 aromatic heterocycles. The molecule has 0 bridgehead atoms. The van der Waals surface area contributed by atoms with Gasteiger partial charge in [-0.3, -0.25) is 0 Å². The molecular formula is C16H11ClN2O. The molecule has 0 atom stereocenters. The molecular weight excluding hydrogens is 272 g/mol. The fourth-order valence-electron chi connectivity index (χ4n) is 2.00. The number of azo groups is 1. The smallest absolute Gasteiger partial charge is 0.123 e. The molecule has 3 aromatic carbocycles. The summed E-state index contributed by atoms with van der Waals surface area (Å²) in [5.74, 6) is 0.238. The molecule has 3 rings (SSSR count). The zero-order chi connectivity index (χ0) is 13.9. The Morgan fingerprint density at radius 2 is 1.60 bits per heavy atom. The molecule has 0 saturated carbocycles. The van der Waals surface area contributed by atoms with Gasteiger partial charge in [0.2, 0.25) is 0 Å². The number of phenols is 1. The lowest BCUT2D eigenvalue weighted by Crippen LogP contribution is -1.74. The van der Waals surface area contributed by atoms with Gasteiger partial charge in [-0.1, -0.05) is 41.9 Å². The Balaban J connectivity index is 2.05. The first-order valence-electron chi connectivity index (χ1n) is 6.12. The molecule has 3 aromatic rings. The summed E-state index contributed by atoms with van der Waals surface area (Å²) >= 11 is 5.91. The van der Waals surface area contributed by atoms with E-state index in [1.54, 1.807) is 24.3 Å². The van der Waals surface area contributed by atoms with Gasteiger partial charge in [0.25, 0.3) is 0 Å². The van der Waals surface area contributed by atoms with Crippen LogP contribution in [-0.4, -0.2) is 5.11 Å². The van der Waals surface area contributed by atoms with E-state index in [-0.39, 0.29) is 5.75 Å². The number of fused-ring (bicyclic) bond motifs is 1. The third-order valence-electron chi connectivity index (χ3n) is 2.96. The van der Waals surface area contributed by atoms with E-state index in [0.29, 0.717) is 16.4 Å². The molecule has 0 heterocycles. The fraction of sp³-hybridized carbons (Fsp3) is 0. The van der Waals surface area contributed by atoms with Crippen molar-refractivity contribution >= 4 is 33.7 Å². The van der Waals surface area contributed by atoms with Crippen LogP contribution in [0.1, 0.15) is 0 Å². The first kappa shape index (κ1) is 12.6. The molecule has 0 aliphatic heterocycles. The molecule has 0 saturated heterocycles. The summed E-state index contributed by atoms with van der Waals surface area (Å²) in [6, 6.07) is 18.1. The highest BCUT2D eigenvalue weighted by Crippen LogP contribution is 2.33. The zero-order valence-corrected chi connectivity index (χ0v) is 11.2. The second kappa shape index (κ2) is 5.31. The molecule has 0 amide bonds. The van der Waals surface area contributed by atoms with Crippen molar-refractivity contribution in [2.75, 3.05) is 0 Å². The van der Waals surface area contributed by atoms with Gasteiger partial charge in [0.05, 0.1) is 11.4 Å². The summed E-state index contributed by atoms with van der Waals surface area (Å²) < 4.78 is 0. The Morgan fingerprint density at radius 3 is 2.40 bits per heavy atom. The van der Waals surface area contributed by atoms with Crippen molar-refractivity contribution in [1.29, 1.82) is 0 Å². The van der Waals surface area contributed by atoms with Crippen molar-refractivity contribution in [2.45, 2.75) is 0 Å². The van der Waals surface area contributed by atoms with E-state index in [4.69, 9.17) is 11.6 Å². The van der Waals surface area contributed by atoms with E-state index in [1.165, 1.54) is 0 Å². The Kier molecular flexibility index (Phi) is 3.35. The van der Waals surface area contributed by atoms with E-state index in [9.17, 15) is 5.11 Å². The summed E-state index contributed by atoms with van der Waals surface area (Å²) in [6.45, 7) is 0. The summed E-state index contributed by atoms with van der Waals surface area (Å²) in [6.07, 6.45) is 0. The molecule has 0 spiro atoms. The average molecular weight is 283 g/mol. The van der Waals surface area contributed by atoms with Gasteiger partial charge in [-0.05, 0) is 30.3 Å². The fourth-order valence-corrected chi connectivity index (χ4v) is 2.19. The number of halogens is 1. The van der Waals surface area contributed by atoms with Crippen LogP contribution in [0.3, 0.4) is 0 Å². The van der Waals surface area contributed by atoms with Gasteiger partial charge < -0.3 is 5.11 Å². The van der Waals surface area contributed by atoms with E-state index in [2.05, 4.69) is 10.2 Å². The van der Waals surface area contributed by atoms with Gasteiger partial charge in [0, 0.05) is 15.8 Å². The molecule has 0 aliphatic rings. The van der Waals surface area contributed by atoms with Gasteiger partial charge in [-0.25, -0.2) is 0 Å². The topological polar surface area (TPSA) is 45.0 Å². The lowest BCUT2D eigenvalue weighted by atomic mass is 10.1. The highest BCUT2D eigenvalue weighted by molar-refractivity contribution is 6.30. The number of aromatic hydroxyl groups is 1. The van der Waals surface area contributed by atoms with E-state index >= 15 is 0 Å². The van der Waals surface area contributed by atoms with Crippen molar-refractivity contribution in [1.82, 2.24) is 0 Å². The van der Waals surface area contributed by atoms with Crippen LogP contribution in [0.25, 0.3) is 10.8 Å². The number of hydrogen-bond donors (Lipinski definition) is 1. The average Bonchev–Trinajstić information content (AvgIpc) is 2.47. The molecule has 1 N–H and O–H groups in total. The maximum absolute atomic E-state index is 9.83. The summed E-state index contributed by atoms with van der Waals surface area (Å²) in [5, 5.41) is 20.5. The van der Waals surface area contributed by atoms with Gasteiger partial charge in [-0.2, -0.15) is 5.11 Å². The Hall–Kier alpha value is -2.39. The Labute approximate surface area is 121 Å². The van der Waals surface area contributed by atoms with Gasteiger partial charge in [0.15, 0.2) is 0 Å². The van der Waals surface area contributed by atoms with Crippen LogP contribution in [0.5, 0.6) is 5.75 Å². The highest BCUT2D eigenvalue weighted by atomic mass is 35.5. The lowest BCUT2D eigenvalue weighted by molar-refractivity contribution is 0.481. The summed E-state index contributed by atoms with van der Waals surface area (Å²) in [7, 11) is 0. The summed E-state index contributed by atoms with van der Waals surface area (Å²) in [5.41, 5.74) is 1.40. The van der Waals surface area contributed by atoms with Crippen molar-refractivity contribution in [2.24, 2.45) is 10.2 Å². The molecule has 98 valence electrons. The lowest BCUT2D eigenvalue weighted by Gasteiger charge is -2.03. The predicted molar refractivity (Wildman–Crippen MR) is 81.2 cm³/mol. The maximum atomic E-state index is 9.83. The van der Waals surface area contributed by atoms with E-state index < -0.39 is 0 Å². The SMILES string of the molecule is Oc1ccc(N=Nc2cccc(Cl)c2)c2ccccc12. The van der Waals surface area contributed by atoms with Crippen LogP contribution in [0.4, 0.5) is 11.4 Å². The largest absolute Gasteiger partial charge is 0.507 e. The highest BCUT2D eigenvalue weighted by Gasteiger charge is 2.03. The molecule has 4 heteroatoms. The molecule has 0 unspecified atom stereocenters. The zero-order valence-electron chi connectivity index (χ0n) is 10.5. The van der Waals surface area contributed by atoms with Crippen molar-refractivity contribution in [3.8, 4) is 5.75 Å². The number of phenolic OH excluding ortho intramolecular Hbond substituents is 1. The summed E-state index contributed by atoms with van der Waals surface area (Å²) in [4.78, 5) is 0. The first-order chi connectivity index (χ1) is 9.74. The Bertz CT molecular complexity index is 799.